The molecule has 3 amide bonds. The van der Waals surface area contributed by atoms with Gasteiger partial charge in [0.2, 0.25) is 5.91 Å². The van der Waals surface area contributed by atoms with Crippen LogP contribution in [-0.4, -0.2) is 88.4 Å². The lowest BCUT2D eigenvalue weighted by atomic mass is 10.0. The quantitative estimate of drug-likeness (QED) is 0.295. The van der Waals surface area contributed by atoms with Crippen LogP contribution in [-0.2, 0) is 11.8 Å². The fourth-order valence-electron chi connectivity index (χ4n) is 5.94. The number of halogens is 1. The number of hydrogen-bond acceptors (Lipinski definition) is 6. The van der Waals surface area contributed by atoms with Crippen molar-refractivity contribution in [3.8, 4) is 17.0 Å². The number of nitrogens with one attached hydrogen (secondary N) is 3. The van der Waals surface area contributed by atoms with Gasteiger partial charge in [-0.3, -0.25) is 14.4 Å². The van der Waals surface area contributed by atoms with E-state index in [0.29, 0.717) is 49.8 Å². The van der Waals surface area contributed by atoms with Gasteiger partial charge in [0.05, 0.1) is 35.1 Å². The van der Waals surface area contributed by atoms with Crippen molar-refractivity contribution in [3.63, 3.8) is 0 Å². The van der Waals surface area contributed by atoms with Crippen molar-refractivity contribution in [2.75, 3.05) is 51.7 Å². The Morgan fingerprint density at radius 3 is 2.60 bits per heavy atom. The summed E-state index contributed by atoms with van der Waals surface area (Å²) in [6.45, 7) is 3.78. The maximum atomic E-state index is 13.2. The van der Waals surface area contributed by atoms with Crippen LogP contribution in [0.2, 0.25) is 5.02 Å². The molecule has 43 heavy (non-hydrogen) atoms. The highest BCUT2D eigenvalue weighted by atomic mass is 35.5. The molecular formula is C31H34ClN7O4. The van der Waals surface area contributed by atoms with Crippen LogP contribution in [0.3, 0.4) is 0 Å². The molecule has 0 bridgehead atoms. The third kappa shape index (κ3) is 5.70. The van der Waals surface area contributed by atoms with Crippen LogP contribution in [0, 0.1) is 5.92 Å². The second-order valence-electron chi connectivity index (χ2n) is 11.0. The molecule has 2 saturated heterocycles. The van der Waals surface area contributed by atoms with Crippen molar-refractivity contribution in [3.05, 3.63) is 65.2 Å². The van der Waals surface area contributed by atoms with E-state index in [9.17, 15) is 14.4 Å². The standard InChI is InChI=1S/C31H34ClN7O4/c1-37-25(21-5-6-26(43-2)28-22(21)8-10-34-28)18-35-29(37)30(41)36-20-3-4-23(24(32)16-20)31(42)39-13-11-38(12-14-39)27(40)15-19-7-9-33-17-19/h3-6,8,10,16,18-19,33-34H,7,9,11-15,17H2,1-2H3,(H,36,41)/t19-/m0/s1. The summed E-state index contributed by atoms with van der Waals surface area (Å²) in [5, 5.41) is 7.33. The lowest BCUT2D eigenvalue weighted by molar-refractivity contribution is -0.133. The number of piperazine rings is 1. The highest BCUT2D eigenvalue weighted by Gasteiger charge is 2.28. The van der Waals surface area contributed by atoms with Crippen LogP contribution in [0.4, 0.5) is 5.69 Å². The van der Waals surface area contributed by atoms with Gasteiger partial charge in [0.1, 0.15) is 5.75 Å². The van der Waals surface area contributed by atoms with Gasteiger partial charge in [0.15, 0.2) is 5.82 Å². The number of ether oxygens (including phenoxy) is 1. The van der Waals surface area contributed by atoms with Gasteiger partial charge in [-0.2, -0.15) is 0 Å². The van der Waals surface area contributed by atoms with E-state index < -0.39 is 5.91 Å². The monoisotopic (exact) mass is 603 g/mol. The molecular weight excluding hydrogens is 570 g/mol. The smallest absolute Gasteiger partial charge is 0.291 e. The summed E-state index contributed by atoms with van der Waals surface area (Å²) in [6.07, 6.45) is 5.09. The Kier molecular flexibility index (Phi) is 8.09. The molecule has 1 atom stereocenters. The molecule has 4 heterocycles. The highest BCUT2D eigenvalue weighted by Crippen LogP contribution is 2.34. The number of rotatable bonds is 7. The summed E-state index contributed by atoms with van der Waals surface area (Å²) in [5.41, 5.74) is 3.35. The maximum absolute atomic E-state index is 13.2. The van der Waals surface area contributed by atoms with Gasteiger partial charge in [0.25, 0.3) is 11.8 Å². The summed E-state index contributed by atoms with van der Waals surface area (Å²) in [4.78, 5) is 50.3. The van der Waals surface area contributed by atoms with E-state index in [1.807, 2.05) is 29.3 Å². The molecule has 4 aromatic rings. The molecule has 2 aromatic heterocycles. The van der Waals surface area contributed by atoms with Crippen molar-refractivity contribution in [2.24, 2.45) is 13.0 Å². The first-order valence-corrected chi connectivity index (χ1v) is 14.8. The Labute approximate surface area is 254 Å². The van der Waals surface area contributed by atoms with Gasteiger partial charge >= 0.3 is 0 Å². The topological polar surface area (TPSA) is 125 Å². The van der Waals surface area contributed by atoms with Crippen LogP contribution in [0.5, 0.6) is 5.75 Å². The van der Waals surface area contributed by atoms with Gasteiger partial charge in [-0.25, -0.2) is 4.98 Å². The first-order valence-electron chi connectivity index (χ1n) is 14.4. The molecule has 0 aliphatic carbocycles. The zero-order chi connectivity index (χ0) is 30.1. The molecule has 0 spiro atoms. The van der Waals surface area contributed by atoms with Gasteiger partial charge in [-0.1, -0.05) is 11.6 Å². The number of carbonyl (C=O) groups is 3. The number of benzene rings is 2. The summed E-state index contributed by atoms with van der Waals surface area (Å²) in [5.74, 6) is 0.903. The minimum atomic E-state index is -0.406. The number of fused-ring (bicyclic) bond motifs is 1. The van der Waals surface area contributed by atoms with Crippen molar-refractivity contribution in [2.45, 2.75) is 12.8 Å². The normalized spacial score (nSPS) is 17.0. The molecule has 2 fully saturated rings. The average molecular weight is 604 g/mol. The van der Waals surface area contributed by atoms with Gasteiger partial charge in [0, 0.05) is 62.5 Å². The number of aromatic amines is 1. The van der Waals surface area contributed by atoms with E-state index in [1.54, 1.807) is 48.0 Å². The number of aromatic nitrogens is 3. The van der Waals surface area contributed by atoms with E-state index in [1.165, 1.54) is 0 Å². The number of anilines is 1. The van der Waals surface area contributed by atoms with Crippen molar-refractivity contribution >= 4 is 45.9 Å². The molecule has 12 heteroatoms. The lowest BCUT2D eigenvalue weighted by Gasteiger charge is -2.35. The van der Waals surface area contributed by atoms with Gasteiger partial charge in [-0.05, 0) is 61.8 Å². The molecule has 11 nitrogen and oxygen atoms in total. The first-order chi connectivity index (χ1) is 20.8. The Morgan fingerprint density at radius 1 is 1.09 bits per heavy atom. The van der Waals surface area contributed by atoms with E-state index in [0.717, 1.165) is 47.4 Å². The molecule has 0 unspecified atom stereocenters. The highest BCUT2D eigenvalue weighted by molar-refractivity contribution is 6.34. The Morgan fingerprint density at radius 2 is 1.88 bits per heavy atom. The SMILES string of the molecule is COc1ccc(-c2cnc(C(=O)Nc3ccc(C(=O)N4CCN(C(=O)C[C@@H]5CCNC5)CC4)c(Cl)c3)n2C)c2cc[nH]c12. The molecule has 6 rings (SSSR count). The number of hydrogen-bond donors (Lipinski definition) is 3. The Hall–Kier alpha value is -4.35. The molecule has 3 N–H and O–H groups in total. The molecule has 2 aliphatic rings. The minimum Gasteiger partial charge on any atom is -0.495 e. The van der Waals surface area contributed by atoms with Crippen molar-refractivity contribution < 1.29 is 19.1 Å². The third-order valence-corrected chi connectivity index (χ3v) is 8.69. The second-order valence-corrected chi connectivity index (χ2v) is 11.4. The molecule has 224 valence electrons. The number of carbonyl (C=O) groups excluding carboxylic acids is 3. The van der Waals surface area contributed by atoms with Crippen LogP contribution in [0.1, 0.15) is 33.8 Å². The van der Waals surface area contributed by atoms with Crippen LogP contribution < -0.4 is 15.4 Å². The lowest BCUT2D eigenvalue weighted by Crippen LogP contribution is -2.51. The second kappa shape index (κ2) is 12.1. The average Bonchev–Trinajstić information content (AvgIpc) is 3.78. The Balaban J connectivity index is 1.09. The van der Waals surface area contributed by atoms with Gasteiger partial charge in [-0.15, -0.1) is 0 Å². The number of imidazole rings is 1. The minimum absolute atomic E-state index is 0.153. The van der Waals surface area contributed by atoms with Crippen LogP contribution >= 0.6 is 11.6 Å². The third-order valence-electron chi connectivity index (χ3n) is 8.37. The molecule has 2 aliphatic heterocycles. The fourth-order valence-corrected chi connectivity index (χ4v) is 6.20. The van der Waals surface area contributed by atoms with Crippen LogP contribution in [0.25, 0.3) is 22.2 Å². The van der Waals surface area contributed by atoms with Crippen molar-refractivity contribution in [1.82, 2.24) is 29.7 Å². The summed E-state index contributed by atoms with van der Waals surface area (Å²) >= 11 is 6.53. The van der Waals surface area contributed by atoms with Gasteiger partial charge < -0.3 is 34.7 Å². The Bertz CT molecular complexity index is 1680. The number of nitrogens with zero attached hydrogens (tertiary/aromatic N) is 4. The van der Waals surface area contributed by atoms with E-state index >= 15 is 0 Å². The predicted octanol–water partition coefficient (Wildman–Crippen LogP) is 3.77. The van der Waals surface area contributed by atoms with Crippen LogP contribution in [0.15, 0.2) is 48.8 Å². The maximum Gasteiger partial charge on any atom is 0.291 e. The van der Waals surface area contributed by atoms with Crippen molar-refractivity contribution in [1.29, 1.82) is 0 Å². The largest absolute Gasteiger partial charge is 0.495 e. The summed E-state index contributed by atoms with van der Waals surface area (Å²) < 4.78 is 7.18. The fraction of sp³-hybridized carbons (Fsp3) is 0.355. The van der Waals surface area contributed by atoms with E-state index in [4.69, 9.17) is 16.3 Å². The summed E-state index contributed by atoms with van der Waals surface area (Å²) in [7, 11) is 3.41. The molecule has 0 radical (unpaired) electrons. The first kappa shape index (κ1) is 28.8. The zero-order valence-corrected chi connectivity index (χ0v) is 24.9. The predicted molar refractivity (Wildman–Crippen MR) is 165 cm³/mol. The number of H-pyrrole nitrogens is 1. The molecule has 2 aromatic carbocycles. The summed E-state index contributed by atoms with van der Waals surface area (Å²) in [6, 6.07) is 10.6. The van der Waals surface area contributed by atoms with E-state index in [-0.39, 0.29) is 22.7 Å². The number of methoxy groups -OCH3 is 1. The zero-order valence-electron chi connectivity index (χ0n) is 24.2. The van der Waals surface area contributed by atoms with E-state index in [2.05, 4.69) is 20.6 Å². The molecule has 0 saturated carbocycles. The number of amides is 3.